The Bertz CT molecular complexity index is 1100. The summed E-state index contributed by atoms with van der Waals surface area (Å²) >= 11 is 0. The number of fused-ring (bicyclic) bond motifs is 1. The first-order valence-corrected chi connectivity index (χ1v) is 8.60. The molecule has 27 heavy (non-hydrogen) atoms. The Hall–Kier alpha value is -3.08. The van der Waals surface area contributed by atoms with E-state index in [-0.39, 0.29) is 0 Å². The Balaban J connectivity index is 1.92. The molecule has 0 atom stereocenters. The summed E-state index contributed by atoms with van der Waals surface area (Å²) in [4.78, 5) is 4.56. The van der Waals surface area contributed by atoms with Gasteiger partial charge in [0, 0.05) is 12.1 Å². The molecule has 5 heteroatoms. The van der Waals surface area contributed by atoms with Gasteiger partial charge in [-0.1, -0.05) is 54.1 Å². The van der Waals surface area contributed by atoms with Crippen molar-refractivity contribution in [3.05, 3.63) is 89.5 Å². The fourth-order valence-electron chi connectivity index (χ4n) is 3.24. The topological polar surface area (TPSA) is 17.8 Å². The van der Waals surface area contributed by atoms with Crippen LogP contribution in [0, 0.1) is 6.92 Å². The average Bonchev–Trinajstić information content (AvgIpc) is 3.00. The molecule has 136 valence electrons. The molecule has 0 unspecified atom stereocenters. The van der Waals surface area contributed by atoms with Crippen LogP contribution in [0.3, 0.4) is 0 Å². The molecule has 0 bridgehead atoms. The first kappa shape index (κ1) is 17.3. The summed E-state index contributed by atoms with van der Waals surface area (Å²) in [6, 6.07) is 21.4. The van der Waals surface area contributed by atoms with Crippen molar-refractivity contribution in [3.8, 4) is 11.4 Å². The summed E-state index contributed by atoms with van der Waals surface area (Å²) < 4.78 is 41.3. The van der Waals surface area contributed by atoms with Gasteiger partial charge in [0.1, 0.15) is 5.82 Å². The van der Waals surface area contributed by atoms with Crippen LogP contribution in [0.15, 0.2) is 72.8 Å². The largest absolute Gasteiger partial charge is 0.416 e. The van der Waals surface area contributed by atoms with Crippen molar-refractivity contribution in [1.82, 2.24) is 9.55 Å². The molecule has 0 aliphatic rings. The number of hydrogen-bond acceptors (Lipinski definition) is 1. The first-order chi connectivity index (χ1) is 12.9. The van der Waals surface area contributed by atoms with Gasteiger partial charge < -0.3 is 4.57 Å². The Kier molecular flexibility index (Phi) is 4.22. The molecule has 3 aromatic carbocycles. The van der Waals surface area contributed by atoms with Crippen LogP contribution < -0.4 is 0 Å². The van der Waals surface area contributed by atoms with Crippen LogP contribution in [0.5, 0.6) is 0 Å². The Morgan fingerprint density at radius 1 is 0.889 bits per heavy atom. The van der Waals surface area contributed by atoms with Gasteiger partial charge in [0.15, 0.2) is 0 Å². The van der Waals surface area contributed by atoms with Crippen molar-refractivity contribution in [3.63, 3.8) is 0 Å². The van der Waals surface area contributed by atoms with Crippen molar-refractivity contribution in [2.75, 3.05) is 0 Å². The molecule has 4 aromatic rings. The van der Waals surface area contributed by atoms with Gasteiger partial charge >= 0.3 is 6.18 Å². The number of alkyl halides is 3. The molecule has 0 amide bonds. The zero-order chi connectivity index (χ0) is 19.0. The second kappa shape index (κ2) is 6.58. The summed E-state index contributed by atoms with van der Waals surface area (Å²) in [5.74, 6) is 0.664. The fraction of sp³-hybridized carbons (Fsp3) is 0.136. The summed E-state index contributed by atoms with van der Waals surface area (Å²) in [5, 5.41) is 0. The molecule has 0 N–H and O–H groups in total. The van der Waals surface area contributed by atoms with E-state index in [0.717, 1.165) is 28.8 Å². The second-order valence-electron chi connectivity index (χ2n) is 6.58. The van der Waals surface area contributed by atoms with E-state index in [0.29, 0.717) is 23.4 Å². The van der Waals surface area contributed by atoms with Crippen LogP contribution in [0.4, 0.5) is 13.2 Å². The van der Waals surface area contributed by atoms with Gasteiger partial charge in [-0.05, 0) is 36.8 Å². The molecule has 0 radical (unpaired) electrons. The zero-order valence-electron chi connectivity index (χ0n) is 14.7. The van der Waals surface area contributed by atoms with Crippen LogP contribution in [-0.2, 0) is 12.7 Å². The predicted molar refractivity (Wildman–Crippen MR) is 100 cm³/mol. The minimum atomic E-state index is -4.39. The normalized spacial score (nSPS) is 11.9. The molecule has 2 nitrogen and oxygen atoms in total. The minimum absolute atomic E-state index is 0.345. The van der Waals surface area contributed by atoms with Gasteiger partial charge in [-0.25, -0.2) is 4.98 Å². The highest BCUT2D eigenvalue weighted by Gasteiger charge is 2.31. The van der Waals surface area contributed by atoms with Crippen LogP contribution in [0.1, 0.15) is 16.7 Å². The number of imidazole rings is 1. The lowest BCUT2D eigenvalue weighted by Crippen LogP contribution is -2.05. The van der Waals surface area contributed by atoms with Crippen LogP contribution >= 0.6 is 0 Å². The number of halogens is 3. The highest BCUT2D eigenvalue weighted by atomic mass is 19.4. The highest BCUT2D eigenvalue weighted by molar-refractivity contribution is 5.81. The summed E-state index contributed by atoms with van der Waals surface area (Å²) in [6.07, 6.45) is -4.39. The van der Waals surface area contributed by atoms with E-state index >= 15 is 0 Å². The average molecular weight is 366 g/mol. The lowest BCUT2D eigenvalue weighted by Gasteiger charge is -2.11. The molecule has 0 saturated heterocycles. The van der Waals surface area contributed by atoms with Crippen molar-refractivity contribution >= 4 is 11.0 Å². The van der Waals surface area contributed by atoms with E-state index in [1.165, 1.54) is 6.07 Å². The number of nitrogens with zero attached hydrogens (tertiary/aromatic N) is 2. The van der Waals surface area contributed by atoms with Crippen LogP contribution in [0.2, 0.25) is 0 Å². The molecule has 0 aliphatic carbocycles. The smallest absolute Gasteiger partial charge is 0.319 e. The van der Waals surface area contributed by atoms with Gasteiger partial charge in [-0.2, -0.15) is 13.2 Å². The third-order valence-electron chi connectivity index (χ3n) is 4.54. The molecule has 0 aliphatic heterocycles. The Labute approximate surface area is 154 Å². The molecule has 1 heterocycles. The van der Waals surface area contributed by atoms with Crippen LogP contribution in [-0.4, -0.2) is 9.55 Å². The summed E-state index contributed by atoms with van der Waals surface area (Å²) in [5.41, 5.74) is 3.36. The maximum Gasteiger partial charge on any atom is 0.416 e. The van der Waals surface area contributed by atoms with Crippen molar-refractivity contribution in [2.45, 2.75) is 19.6 Å². The SMILES string of the molecule is Cc1cccc(-c2nc3cc(C(F)(F)F)ccc3n2Cc2ccccc2)c1. The third-order valence-corrected chi connectivity index (χ3v) is 4.54. The predicted octanol–water partition coefficient (Wildman–Crippen LogP) is 6.08. The number of hydrogen-bond donors (Lipinski definition) is 0. The molecule has 4 rings (SSSR count). The van der Waals surface area contributed by atoms with E-state index in [1.54, 1.807) is 0 Å². The minimum Gasteiger partial charge on any atom is -0.319 e. The molecular weight excluding hydrogens is 349 g/mol. The quantitative estimate of drug-likeness (QED) is 0.430. The Morgan fingerprint density at radius 2 is 1.67 bits per heavy atom. The monoisotopic (exact) mass is 366 g/mol. The summed E-state index contributed by atoms with van der Waals surface area (Å²) in [6.45, 7) is 2.52. The number of aromatic nitrogens is 2. The molecule has 0 spiro atoms. The van der Waals surface area contributed by atoms with Gasteiger partial charge in [0.25, 0.3) is 0 Å². The maximum absolute atomic E-state index is 13.1. The van der Waals surface area contributed by atoms with Crippen LogP contribution in [0.25, 0.3) is 22.4 Å². The molecule has 1 aromatic heterocycles. The van der Waals surface area contributed by atoms with E-state index in [2.05, 4.69) is 4.98 Å². The second-order valence-corrected chi connectivity index (χ2v) is 6.58. The zero-order valence-corrected chi connectivity index (χ0v) is 14.7. The maximum atomic E-state index is 13.1. The number of aryl methyl sites for hydroxylation is 1. The lowest BCUT2D eigenvalue weighted by atomic mass is 10.1. The van der Waals surface area contributed by atoms with E-state index < -0.39 is 11.7 Å². The van der Waals surface area contributed by atoms with Crippen molar-refractivity contribution < 1.29 is 13.2 Å². The molecule has 0 saturated carbocycles. The Morgan fingerprint density at radius 3 is 2.37 bits per heavy atom. The van der Waals surface area contributed by atoms with Crippen molar-refractivity contribution in [2.24, 2.45) is 0 Å². The summed E-state index contributed by atoms with van der Waals surface area (Å²) in [7, 11) is 0. The third kappa shape index (κ3) is 3.45. The van der Waals surface area contributed by atoms with Crippen molar-refractivity contribution in [1.29, 1.82) is 0 Å². The standard InChI is InChI=1S/C22H17F3N2/c1-15-6-5-9-17(12-15)21-26-19-13-18(22(23,24)25)10-11-20(19)27(21)14-16-7-3-2-4-8-16/h2-13H,14H2,1H3. The van der Waals surface area contributed by atoms with Gasteiger partial charge in [0.05, 0.1) is 16.6 Å². The fourth-order valence-corrected chi connectivity index (χ4v) is 3.24. The van der Waals surface area contributed by atoms with E-state index in [4.69, 9.17) is 0 Å². The van der Waals surface area contributed by atoms with Gasteiger partial charge in [0.2, 0.25) is 0 Å². The first-order valence-electron chi connectivity index (χ1n) is 8.60. The van der Waals surface area contributed by atoms with Gasteiger partial charge in [-0.15, -0.1) is 0 Å². The highest BCUT2D eigenvalue weighted by Crippen LogP contribution is 2.33. The molecule has 0 fully saturated rings. The lowest BCUT2D eigenvalue weighted by molar-refractivity contribution is -0.137. The van der Waals surface area contributed by atoms with Gasteiger partial charge in [-0.3, -0.25) is 0 Å². The number of benzene rings is 3. The van der Waals surface area contributed by atoms with E-state index in [9.17, 15) is 13.2 Å². The van der Waals surface area contributed by atoms with E-state index in [1.807, 2.05) is 66.1 Å². The molecular formula is C22H17F3N2. The number of rotatable bonds is 3.